The third-order valence-corrected chi connectivity index (χ3v) is 3.74. The fraction of sp³-hybridized carbons (Fsp3) is 0.538. The Morgan fingerprint density at radius 2 is 2.28 bits per heavy atom. The van der Waals surface area contributed by atoms with Crippen molar-refractivity contribution in [1.82, 2.24) is 5.32 Å². The summed E-state index contributed by atoms with van der Waals surface area (Å²) < 4.78 is 5.07. The molecule has 0 spiro atoms. The molecule has 0 bridgehead atoms. The number of carboxylic acids is 1. The van der Waals surface area contributed by atoms with Crippen molar-refractivity contribution in [3.05, 3.63) is 23.7 Å². The summed E-state index contributed by atoms with van der Waals surface area (Å²) in [7, 11) is 0. The van der Waals surface area contributed by atoms with Gasteiger partial charge in [0.1, 0.15) is 12.0 Å². The molecule has 2 atom stereocenters. The summed E-state index contributed by atoms with van der Waals surface area (Å²) in [5.74, 6) is -0.465. The lowest BCUT2D eigenvalue weighted by Gasteiger charge is -2.27. The third-order valence-electron chi connectivity index (χ3n) is 3.74. The molecule has 2 unspecified atom stereocenters. The Labute approximate surface area is 105 Å². The number of furan rings is 1. The Morgan fingerprint density at radius 1 is 1.56 bits per heavy atom. The molecule has 1 heterocycles. The number of hydrogen-bond acceptors (Lipinski definition) is 3. The van der Waals surface area contributed by atoms with E-state index in [1.54, 1.807) is 19.9 Å². The maximum atomic E-state index is 12.0. The van der Waals surface area contributed by atoms with Gasteiger partial charge in [-0.05, 0) is 32.8 Å². The van der Waals surface area contributed by atoms with E-state index in [4.69, 9.17) is 4.42 Å². The van der Waals surface area contributed by atoms with Crippen LogP contribution in [-0.2, 0) is 4.79 Å². The van der Waals surface area contributed by atoms with Crippen LogP contribution in [0.15, 0.2) is 16.7 Å². The molecule has 1 saturated carbocycles. The van der Waals surface area contributed by atoms with E-state index >= 15 is 0 Å². The van der Waals surface area contributed by atoms with Crippen molar-refractivity contribution in [2.24, 2.45) is 5.41 Å². The van der Waals surface area contributed by atoms with Crippen LogP contribution in [0.5, 0.6) is 0 Å². The molecule has 0 aliphatic heterocycles. The molecule has 2 rings (SSSR count). The Hall–Kier alpha value is -1.78. The lowest BCUT2D eigenvalue weighted by molar-refractivity contribution is -0.148. The quantitative estimate of drug-likeness (QED) is 0.860. The second-order valence-corrected chi connectivity index (χ2v) is 5.09. The zero-order chi connectivity index (χ0) is 13.3. The van der Waals surface area contributed by atoms with E-state index in [2.05, 4.69) is 5.32 Å². The van der Waals surface area contributed by atoms with Crippen molar-refractivity contribution in [2.45, 2.75) is 39.2 Å². The van der Waals surface area contributed by atoms with Gasteiger partial charge in [-0.3, -0.25) is 9.59 Å². The van der Waals surface area contributed by atoms with Crippen LogP contribution < -0.4 is 5.32 Å². The van der Waals surface area contributed by atoms with E-state index in [0.29, 0.717) is 24.2 Å². The van der Waals surface area contributed by atoms with Gasteiger partial charge in [0.2, 0.25) is 0 Å². The predicted octanol–water partition coefficient (Wildman–Crippen LogP) is 1.96. The van der Waals surface area contributed by atoms with Gasteiger partial charge >= 0.3 is 5.97 Å². The van der Waals surface area contributed by atoms with Gasteiger partial charge in [-0.2, -0.15) is 0 Å². The Balaban J connectivity index is 2.10. The van der Waals surface area contributed by atoms with E-state index in [9.17, 15) is 14.7 Å². The molecule has 2 N–H and O–H groups in total. The Bertz CT molecular complexity index is 479. The number of amides is 1. The molecule has 1 amide bonds. The van der Waals surface area contributed by atoms with Crippen LogP contribution >= 0.6 is 0 Å². The van der Waals surface area contributed by atoms with Crippen LogP contribution in [0.1, 0.15) is 42.3 Å². The Kier molecular flexibility index (Phi) is 3.15. The van der Waals surface area contributed by atoms with Crippen molar-refractivity contribution in [2.75, 3.05) is 0 Å². The molecule has 98 valence electrons. The van der Waals surface area contributed by atoms with E-state index in [1.165, 1.54) is 6.26 Å². The van der Waals surface area contributed by atoms with E-state index in [0.717, 1.165) is 6.42 Å². The number of rotatable bonds is 3. The maximum absolute atomic E-state index is 12.0. The zero-order valence-corrected chi connectivity index (χ0v) is 10.5. The van der Waals surface area contributed by atoms with Crippen LogP contribution in [0.25, 0.3) is 0 Å². The Morgan fingerprint density at radius 3 is 2.83 bits per heavy atom. The van der Waals surface area contributed by atoms with E-state index < -0.39 is 11.4 Å². The molecule has 1 aliphatic rings. The first kappa shape index (κ1) is 12.7. The first-order valence-corrected chi connectivity index (χ1v) is 6.03. The van der Waals surface area contributed by atoms with Crippen molar-refractivity contribution in [3.8, 4) is 0 Å². The number of carboxylic acid groups (broad SMARTS) is 1. The number of aliphatic carboxylic acids is 1. The largest absolute Gasteiger partial charge is 0.481 e. The molecule has 1 aliphatic carbocycles. The van der Waals surface area contributed by atoms with Gasteiger partial charge in [-0.25, -0.2) is 0 Å². The molecule has 5 heteroatoms. The third kappa shape index (κ3) is 2.12. The van der Waals surface area contributed by atoms with Gasteiger partial charge in [0.15, 0.2) is 0 Å². The van der Waals surface area contributed by atoms with Gasteiger partial charge in [0.05, 0.1) is 11.0 Å². The number of aryl methyl sites for hydroxylation is 1. The first-order chi connectivity index (χ1) is 8.43. The minimum Gasteiger partial charge on any atom is -0.481 e. The van der Waals surface area contributed by atoms with Gasteiger partial charge in [-0.15, -0.1) is 0 Å². The van der Waals surface area contributed by atoms with E-state index in [1.807, 2.05) is 0 Å². The summed E-state index contributed by atoms with van der Waals surface area (Å²) >= 11 is 0. The second kappa shape index (κ2) is 4.48. The summed E-state index contributed by atoms with van der Waals surface area (Å²) in [6.07, 6.45) is 3.50. The van der Waals surface area contributed by atoms with Gasteiger partial charge in [-0.1, -0.05) is 6.42 Å². The molecule has 1 fully saturated rings. The molecule has 1 aromatic rings. The van der Waals surface area contributed by atoms with Crippen molar-refractivity contribution >= 4 is 11.9 Å². The van der Waals surface area contributed by atoms with Crippen molar-refractivity contribution in [3.63, 3.8) is 0 Å². The van der Waals surface area contributed by atoms with Crippen LogP contribution in [0.2, 0.25) is 0 Å². The monoisotopic (exact) mass is 251 g/mol. The molecule has 0 radical (unpaired) electrons. The van der Waals surface area contributed by atoms with Crippen LogP contribution in [-0.4, -0.2) is 23.0 Å². The average molecular weight is 251 g/mol. The zero-order valence-electron chi connectivity index (χ0n) is 10.5. The molecule has 0 saturated heterocycles. The molecular weight excluding hydrogens is 234 g/mol. The van der Waals surface area contributed by atoms with Gasteiger partial charge in [0, 0.05) is 6.04 Å². The molecule has 1 aromatic heterocycles. The SMILES string of the molecule is Cc1cc(C(=O)NC2CCCC2(C)C(=O)O)co1. The van der Waals surface area contributed by atoms with Gasteiger partial charge < -0.3 is 14.8 Å². The minimum atomic E-state index is -0.867. The van der Waals surface area contributed by atoms with Crippen molar-refractivity contribution in [1.29, 1.82) is 0 Å². The normalized spacial score (nSPS) is 27.1. The fourth-order valence-electron chi connectivity index (χ4n) is 2.46. The molecule has 0 aromatic carbocycles. The number of nitrogens with one attached hydrogen (secondary N) is 1. The standard InChI is InChI=1S/C13H17NO4/c1-8-6-9(7-18-8)11(15)14-10-4-3-5-13(10,2)12(16)17/h6-7,10H,3-5H2,1-2H3,(H,14,15)(H,16,17). The number of carbonyl (C=O) groups is 2. The smallest absolute Gasteiger partial charge is 0.311 e. The average Bonchev–Trinajstić information content (AvgIpc) is 2.87. The van der Waals surface area contributed by atoms with Crippen molar-refractivity contribution < 1.29 is 19.1 Å². The molecular formula is C13H17NO4. The van der Waals surface area contributed by atoms with E-state index in [-0.39, 0.29) is 11.9 Å². The molecule has 5 nitrogen and oxygen atoms in total. The molecule has 18 heavy (non-hydrogen) atoms. The van der Waals surface area contributed by atoms with Crippen LogP contribution in [0, 0.1) is 12.3 Å². The highest BCUT2D eigenvalue weighted by atomic mass is 16.4. The summed E-state index contributed by atoms with van der Waals surface area (Å²) in [5.41, 5.74) is -0.429. The summed E-state index contributed by atoms with van der Waals surface area (Å²) in [6.45, 7) is 3.45. The fourth-order valence-corrected chi connectivity index (χ4v) is 2.46. The highest BCUT2D eigenvalue weighted by Gasteiger charge is 2.45. The first-order valence-electron chi connectivity index (χ1n) is 6.03. The topological polar surface area (TPSA) is 79.5 Å². The predicted molar refractivity (Wildman–Crippen MR) is 64.3 cm³/mol. The highest BCUT2D eigenvalue weighted by molar-refractivity contribution is 5.94. The summed E-state index contributed by atoms with van der Waals surface area (Å²) in [6, 6.07) is 1.32. The maximum Gasteiger partial charge on any atom is 0.311 e. The number of hydrogen-bond donors (Lipinski definition) is 2. The number of carbonyl (C=O) groups excluding carboxylic acids is 1. The minimum absolute atomic E-state index is 0.272. The summed E-state index contributed by atoms with van der Waals surface area (Å²) in [5, 5.41) is 12.1. The van der Waals surface area contributed by atoms with Gasteiger partial charge in [0.25, 0.3) is 5.91 Å². The van der Waals surface area contributed by atoms with Crippen LogP contribution in [0.3, 0.4) is 0 Å². The lowest BCUT2D eigenvalue weighted by Crippen LogP contribution is -2.46. The highest BCUT2D eigenvalue weighted by Crippen LogP contribution is 2.38. The second-order valence-electron chi connectivity index (χ2n) is 5.09. The lowest BCUT2D eigenvalue weighted by atomic mass is 9.85. The summed E-state index contributed by atoms with van der Waals surface area (Å²) in [4.78, 5) is 23.2. The van der Waals surface area contributed by atoms with Crippen LogP contribution in [0.4, 0.5) is 0 Å².